The van der Waals surface area contributed by atoms with Gasteiger partial charge in [0.1, 0.15) is 0 Å². The molecule has 0 unspecified atom stereocenters. The number of halogens is 1. The number of ether oxygens (including phenoxy) is 2. The van der Waals surface area contributed by atoms with Crippen molar-refractivity contribution in [1.82, 2.24) is 5.32 Å². The van der Waals surface area contributed by atoms with Crippen LogP contribution in [0.5, 0.6) is 11.5 Å². The highest BCUT2D eigenvalue weighted by molar-refractivity contribution is 9.10. The molecule has 0 saturated carbocycles. The van der Waals surface area contributed by atoms with Crippen LogP contribution in [-0.2, 0) is 6.54 Å². The number of hydrogen-bond acceptors (Lipinski definition) is 4. The third-order valence-corrected chi connectivity index (χ3v) is 2.73. The predicted octanol–water partition coefficient (Wildman–Crippen LogP) is 1.94. The van der Waals surface area contributed by atoms with E-state index in [1.807, 2.05) is 12.1 Å². The van der Waals surface area contributed by atoms with Gasteiger partial charge in [-0.05, 0) is 19.1 Å². The molecule has 1 aromatic rings. The third-order valence-electron chi connectivity index (χ3n) is 2.28. The van der Waals surface area contributed by atoms with Crippen molar-refractivity contribution in [1.29, 1.82) is 0 Å². The number of aliphatic hydroxyl groups excluding tert-OH is 1. The zero-order chi connectivity index (χ0) is 12.8. The van der Waals surface area contributed by atoms with Crippen molar-refractivity contribution in [3.05, 3.63) is 22.2 Å². The van der Waals surface area contributed by atoms with Crippen molar-refractivity contribution < 1.29 is 14.6 Å². The number of rotatable bonds is 6. The fourth-order valence-corrected chi connectivity index (χ4v) is 2.04. The zero-order valence-corrected chi connectivity index (χ0v) is 11.9. The Hall–Kier alpha value is -0.780. The summed E-state index contributed by atoms with van der Waals surface area (Å²) < 4.78 is 11.5. The monoisotopic (exact) mass is 303 g/mol. The summed E-state index contributed by atoms with van der Waals surface area (Å²) in [5.74, 6) is 1.41. The molecule has 0 amide bonds. The first-order chi connectivity index (χ1) is 8.08. The molecule has 0 fully saturated rings. The molecule has 0 bridgehead atoms. The highest BCUT2D eigenvalue weighted by Gasteiger charge is 2.11. The molecule has 0 heterocycles. The van der Waals surface area contributed by atoms with Gasteiger partial charge in [-0.25, -0.2) is 0 Å². The largest absolute Gasteiger partial charge is 0.493 e. The van der Waals surface area contributed by atoms with Crippen molar-refractivity contribution in [2.75, 3.05) is 20.8 Å². The zero-order valence-electron chi connectivity index (χ0n) is 10.3. The van der Waals surface area contributed by atoms with E-state index in [2.05, 4.69) is 21.2 Å². The molecule has 0 saturated heterocycles. The first-order valence-electron chi connectivity index (χ1n) is 5.37. The van der Waals surface area contributed by atoms with Crippen LogP contribution in [0.2, 0.25) is 0 Å². The lowest BCUT2D eigenvalue weighted by Crippen LogP contribution is -2.24. The molecule has 96 valence electrons. The molecule has 0 aromatic heterocycles. The molecule has 0 aliphatic heterocycles. The Bertz CT molecular complexity index is 369. The third kappa shape index (κ3) is 4.18. The van der Waals surface area contributed by atoms with Gasteiger partial charge in [-0.2, -0.15) is 0 Å². The summed E-state index contributed by atoms with van der Waals surface area (Å²) in [5.41, 5.74) is 0.986. The van der Waals surface area contributed by atoms with Gasteiger partial charge >= 0.3 is 0 Å². The van der Waals surface area contributed by atoms with E-state index in [1.54, 1.807) is 21.1 Å². The average Bonchev–Trinajstić information content (AvgIpc) is 2.27. The Balaban J connectivity index is 2.85. The van der Waals surface area contributed by atoms with Crippen LogP contribution in [0.15, 0.2) is 16.6 Å². The van der Waals surface area contributed by atoms with Crippen LogP contribution in [0.1, 0.15) is 12.5 Å². The number of hydrogen-bond donors (Lipinski definition) is 2. The van der Waals surface area contributed by atoms with E-state index in [9.17, 15) is 5.11 Å². The van der Waals surface area contributed by atoms with Gasteiger partial charge < -0.3 is 19.9 Å². The molecule has 4 nitrogen and oxygen atoms in total. The summed E-state index contributed by atoms with van der Waals surface area (Å²) in [5, 5.41) is 12.3. The molecular weight excluding hydrogens is 286 g/mol. The Morgan fingerprint density at radius 1 is 1.35 bits per heavy atom. The van der Waals surface area contributed by atoms with Crippen LogP contribution in [0.3, 0.4) is 0 Å². The first kappa shape index (κ1) is 14.3. The molecule has 5 heteroatoms. The van der Waals surface area contributed by atoms with Gasteiger partial charge in [0.2, 0.25) is 0 Å². The van der Waals surface area contributed by atoms with Crippen LogP contribution in [0, 0.1) is 0 Å². The summed E-state index contributed by atoms with van der Waals surface area (Å²) in [6.07, 6.45) is -0.366. The summed E-state index contributed by atoms with van der Waals surface area (Å²) in [4.78, 5) is 0. The first-order valence-corrected chi connectivity index (χ1v) is 6.17. The van der Waals surface area contributed by atoms with Crippen LogP contribution in [0.25, 0.3) is 0 Å². The highest BCUT2D eigenvalue weighted by atomic mass is 79.9. The van der Waals surface area contributed by atoms with Gasteiger partial charge in [-0.1, -0.05) is 15.9 Å². The minimum absolute atomic E-state index is 0.366. The minimum Gasteiger partial charge on any atom is -0.493 e. The molecule has 17 heavy (non-hydrogen) atoms. The topological polar surface area (TPSA) is 50.7 Å². The van der Waals surface area contributed by atoms with Crippen LogP contribution in [0.4, 0.5) is 0 Å². The smallest absolute Gasteiger partial charge is 0.165 e. The predicted molar refractivity (Wildman–Crippen MR) is 70.6 cm³/mol. The lowest BCUT2D eigenvalue weighted by Gasteiger charge is -2.14. The van der Waals surface area contributed by atoms with E-state index in [4.69, 9.17) is 9.47 Å². The van der Waals surface area contributed by atoms with Crippen molar-refractivity contribution >= 4 is 15.9 Å². The summed E-state index contributed by atoms with van der Waals surface area (Å²) in [6, 6.07) is 3.83. The molecule has 1 rings (SSSR count). The second-order valence-electron chi connectivity index (χ2n) is 3.78. The van der Waals surface area contributed by atoms with Crippen molar-refractivity contribution in [2.24, 2.45) is 0 Å². The number of nitrogens with one attached hydrogen (secondary N) is 1. The number of methoxy groups -OCH3 is 2. The van der Waals surface area contributed by atoms with Crippen LogP contribution in [-0.4, -0.2) is 32.0 Å². The van der Waals surface area contributed by atoms with Gasteiger partial charge in [0.15, 0.2) is 11.5 Å². The highest BCUT2D eigenvalue weighted by Crippen LogP contribution is 2.34. The van der Waals surface area contributed by atoms with E-state index in [-0.39, 0.29) is 6.10 Å². The molecule has 0 spiro atoms. The maximum Gasteiger partial charge on any atom is 0.165 e. The molecule has 2 N–H and O–H groups in total. The Kier molecular flexibility index (Phi) is 5.74. The summed E-state index contributed by atoms with van der Waals surface area (Å²) in [6.45, 7) is 2.90. The van der Waals surface area contributed by atoms with Gasteiger partial charge in [-0.3, -0.25) is 0 Å². The summed E-state index contributed by atoms with van der Waals surface area (Å²) in [7, 11) is 3.22. The quantitative estimate of drug-likeness (QED) is 0.843. The molecule has 0 aliphatic rings. The molecular formula is C12H18BrNO3. The average molecular weight is 304 g/mol. The second kappa shape index (κ2) is 6.83. The van der Waals surface area contributed by atoms with Gasteiger partial charge in [0, 0.05) is 23.1 Å². The fourth-order valence-electron chi connectivity index (χ4n) is 1.55. The fraction of sp³-hybridized carbons (Fsp3) is 0.500. The lowest BCUT2D eigenvalue weighted by molar-refractivity contribution is 0.191. The Morgan fingerprint density at radius 2 is 2.06 bits per heavy atom. The summed E-state index contributed by atoms with van der Waals surface area (Å²) >= 11 is 3.43. The second-order valence-corrected chi connectivity index (χ2v) is 4.70. The van der Waals surface area contributed by atoms with E-state index in [0.29, 0.717) is 24.6 Å². The van der Waals surface area contributed by atoms with Gasteiger partial charge in [-0.15, -0.1) is 0 Å². The SMILES string of the molecule is COc1cc(Br)cc(CNC[C@@H](C)O)c1OC. The standard InChI is InChI=1S/C12H18BrNO3/c1-8(15)6-14-7-9-4-10(13)5-11(16-2)12(9)17-3/h4-5,8,14-15H,6-7H2,1-3H3/t8-/m1/s1. The van der Waals surface area contributed by atoms with Crippen LogP contribution >= 0.6 is 15.9 Å². The van der Waals surface area contributed by atoms with Crippen molar-refractivity contribution in [2.45, 2.75) is 19.6 Å². The molecule has 0 radical (unpaired) electrons. The van der Waals surface area contributed by atoms with E-state index < -0.39 is 0 Å². The maximum atomic E-state index is 9.18. The van der Waals surface area contributed by atoms with E-state index >= 15 is 0 Å². The van der Waals surface area contributed by atoms with Crippen LogP contribution < -0.4 is 14.8 Å². The number of benzene rings is 1. The lowest BCUT2D eigenvalue weighted by atomic mass is 10.2. The van der Waals surface area contributed by atoms with Crippen molar-refractivity contribution in [3.63, 3.8) is 0 Å². The molecule has 0 aliphatic carbocycles. The Morgan fingerprint density at radius 3 is 2.59 bits per heavy atom. The van der Waals surface area contributed by atoms with Gasteiger partial charge in [0.05, 0.1) is 20.3 Å². The van der Waals surface area contributed by atoms with Gasteiger partial charge in [0.25, 0.3) is 0 Å². The van der Waals surface area contributed by atoms with E-state index in [0.717, 1.165) is 10.0 Å². The minimum atomic E-state index is -0.366. The normalized spacial score (nSPS) is 12.3. The number of aliphatic hydroxyl groups is 1. The molecule has 1 atom stereocenters. The molecule has 1 aromatic carbocycles. The van der Waals surface area contributed by atoms with Crippen molar-refractivity contribution in [3.8, 4) is 11.5 Å². The maximum absolute atomic E-state index is 9.18. The van der Waals surface area contributed by atoms with E-state index in [1.165, 1.54) is 0 Å². The Labute approximate surface area is 110 Å².